The second-order valence-corrected chi connectivity index (χ2v) is 2.20. The lowest BCUT2D eigenvalue weighted by Gasteiger charge is -1.97. The molecule has 0 radical (unpaired) electrons. The summed E-state index contributed by atoms with van der Waals surface area (Å²) in [4.78, 5) is 9.61. The number of nitrogens with zero attached hydrogens (tertiary/aromatic N) is 1. The van der Waals surface area contributed by atoms with E-state index in [1.54, 1.807) is 13.0 Å². The molecule has 0 saturated carbocycles. The SMILES string of the molecule is CC.CC.Cc1cccc([N+](=O)[O-])c1O. The highest BCUT2D eigenvalue weighted by molar-refractivity contribution is 5.49. The number of aryl methyl sites for hydroxylation is 1. The lowest BCUT2D eigenvalue weighted by Crippen LogP contribution is -1.88. The van der Waals surface area contributed by atoms with Crippen molar-refractivity contribution in [2.45, 2.75) is 34.6 Å². The van der Waals surface area contributed by atoms with Crippen molar-refractivity contribution < 1.29 is 10.0 Å². The molecule has 0 aliphatic rings. The Balaban J connectivity index is 0. The lowest BCUT2D eigenvalue weighted by atomic mass is 10.2. The summed E-state index contributed by atoms with van der Waals surface area (Å²) in [6.07, 6.45) is 0. The molecule has 0 aliphatic carbocycles. The number of phenols is 1. The zero-order valence-corrected chi connectivity index (χ0v) is 9.94. The van der Waals surface area contributed by atoms with Gasteiger partial charge in [-0.1, -0.05) is 39.8 Å². The smallest absolute Gasteiger partial charge is 0.310 e. The average molecular weight is 213 g/mol. The van der Waals surface area contributed by atoms with Gasteiger partial charge in [0.1, 0.15) is 0 Å². The minimum Gasteiger partial charge on any atom is -0.502 e. The van der Waals surface area contributed by atoms with Crippen LogP contribution in [0.3, 0.4) is 0 Å². The normalized spacial score (nSPS) is 7.80. The number of rotatable bonds is 1. The zero-order valence-electron chi connectivity index (χ0n) is 9.94. The molecule has 0 fully saturated rings. The predicted molar refractivity (Wildman–Crippen MR) is 62.2 cm³/mol. The van der Waals surface area contributed by atoms with Crippen LogP contribution in [-0.2, 0) is 0 Å². The topological polar surface area (TPSA) is 63.4 Å². The number of para-hydroxylation sites is 1. The first-order valence-electron chi connectivity index (χ1n) is 5.06. The lowest BCUT2D eigenvalue weighted by molar-refractivity contribution is -0.385. The van der Waals surface area contributed by atoms with E-state index in [-0.39, 0.29) is 11.4 Å². The highest BCUT2D eigenvalue weighted by Gasteiger charge is 2.12. The Morgan fingerprint density at radius 1 is 1.20 bits per heavy atom. The molecule has 4 nitrogen and oxygen atoms in total. The van der Waals surface area contributed by atoms with Crippen LogP contribution >= 0.6 is 0 Å². The number of phenolic OH excluding ortho intramolecular Hbond substituents is 1. The number of hydrogen-bond acceptors (Lipinski definition) is 3. The molecule has 15 heavy (non-hydrogen) atoms. The first-order chi connectivity index (χ1) is 7.13. The molecule has 0 atom stereocenters. The van der Waals surface area contributed by atoms with Crippen molar-refractivity contribution in [3.63, 3.8) is 0 Å². The highest BCUT2D eigenvalue weighted by atomic mass is 16.6. The molecule has 1 aromatic rings. The zero-order chi connectivity index (χ0) is 12.4. The maximum absolute atomic E-state index is 10.2. The molecule has 0 unspecified atom stereocenters. The molecule has 4 heteroatoms. The second-order valence-electron chi connectivity index (χ2n) is 2.20. The number of hydrogen-bond donors (Lipinski definition) is 1. The molecule has 0 amide bonds. The van der Waals surface area contributed by atoms with E-state index in [0.717, 1.165) is 0 Å². The molecule has 0 aromatic heterocycles. The van der Waals surface area contributed by atoms with E-state index < -0.39 is 4.92 Å². The van der Waals surface area contributed by atoms with Gasteiger partial charge in [-0.15, -0.1) is 0 Å². The molecule has 0 spiro atoms. The summed E-state index contributed by atoms with van der Waals surface area (Å²) in [7, 11) is 0. The first kappa shape index (κ1) is 15.9. The summed E-state index contributed by atoms with van der Waals surface area (Å²) in [5.74, 6) is -0.252. The Morgan fingerprint density at radius 2 is 1.67 bits per heavy atom. The fraction of sp³-hybridized carbons (Fsp3) is 0.455. The van der Waals surface area contributed by atoms with Gasteiger partial charge in [-0.05, 0) is 12.5 Å². The Labute approximate surface area is 90.7 Å². The molecule has 0 saturated heterocycles. The van der Waals surface area contributed by atoms with Crippen LogP contribution in [0.5, 0.6) is 5.75 Å². The first-order valence-corrected chi connectivity index (χ1v) is 5.06. The van der Waals surface area contributed by atoms with Crippen LogP contribution < -0.4 is 0 Å². The molecule has 0 heterocycles. The minimum absolute atomic E-state index is 0.245. The van der Waals surface area contributed by atoms with Gasteiger partial charge in [0, 0.05) is 6.07 Å². The van der Waals surface area contributed by atoms with Crippen LogP contribution in [0.1, 0.15) is 33.3 Å². The van der Waals surface area contributed by atoms with E-state index in [1.807, 2.05) is 27.7 Å². The number of nitro groups is 1. The van der Waals surface area contributed by atoms with E-state index in [2.05, 4.69) is 0 Å². The van der Waals surface area contributed by atoms with Crippen molar-refractivity contribution in [2.24, 2.45) is 0 Å². The predicted octanol–water partition coefficient (Wildman–Crippen LogP) is 3.66. The second kappa shape index (κ2) is 8.99. The Hall–Kier alpha value is -1.58. The maximum Gasteiger partial charge on any atom is 0.310 e. The van der Waals surface area contributed by atoms with Crippen LogP contribution in [0.25, 0.3) is 0 Å². The van der Waals surface area contributed by atoms with E-state index in [9.17, 15) is 10.1 Å². The van der Waals surface area contributed by atoms with Gasteiger partial charge in [0.25, 0.3) is 0 Å². The van der Waals surface area contributed by atoms with Crippen LogP contribution in [0.15, 0.2) is 18.2 Å². The van der Waals surface area contributed by atoms with Gasteiger partial charge in [0.2, 0.25) is 0 Å². The summed E-state index contributed by atoms with van der Waals surface area (Å²) < 4.78 is 0. The van der Waals surface area contributed by atoms with Gasteiger partial charge in [-0.25, -0.2) is 0 Å². The molecule has 0 bridgehead atoms. The van der Waals surface area contributed by atoms with Crippen LogP contribution in [0.4, 0.5) is 5.69 Å². The minimum atomic E-state index is -0.609. The molecular formula is C11H19NO3. The van der Waals surface area contributed by atoms with E-state index in [4.69, 9.17) is 5.11 Å². The monoisotopic (exact) mass is 213 g/mol. The van der Waals surface area contributed by atoms with Gasteiger partial charge in [-0.2, -0.15) is 0 Å². The van der Waals surface area contributed by atoms with Crippen molar-refractivity contribution in [3.8, 4) is 5.75 Å². The van der Waals surface area contributed by atoms with Crippen molar-refractivity contribution in [1.29, 1.82) is 0 Å². The standard InChI is InChI=1S/C7H7NO3.2C2H6/c1-5-3-2-4-6(7(5)9)8(10)11;2*1-2/h2-4,9H,1H3;2*1-2H3. The average Bonchev–Trinajstić information content (AvgIpc) is 2.27. The van der Waals surface area contributed by atoms with Gasteiger partial charge in [0.15, 0.2) is 5.75 Å². The third-order valence-electron chi connectivity index (χ3n) is 1.41. The van der Waals surface area contributed by atoms with Gasteiger partial charge in [0.05, 0.1) is 4.92 Å². The summed E-state index contributed by atoms with van der Waals surface area (Å²) in [6, 6.07) is 4.41. The third kappa shape index (κ3) is 5.00. The number of benzene rings is 1. The van der Waals surface area contributed by atoms with Crippen LogP contribution in [0.2, 0.25) is 0 Å². The van der Waals surface area contributed by atoms with Gasteiger partial charge in [-0.3, -0.25) is 10.1 Å². The third-order valence-corrected chi connectivity index (χ3v) is 1.41. The quantitative estimate of drug-likeness (QED) is 0.572. The molecule has 86 valence electrons. The van der Waals surface area contributed by atoms with Crippen molar-refractivity contribution >= 4 is 5.69 Å². The fourth-order valence-electron chi connectivity index (χ4n) is 0.791. The van der Waals surface area contributed by atoms with E-state index in [0.29, 0.717) is 5.56 Å². The molecular weight excluding hydrogens is 194 g/mol. The maximum atomic E-state index is 10.2. The van der Waals surface area contributed by atoms with Gasteiger partial charge < -0.3 is 5.11 Å². The largest absolute Gasteiger partial charge is 0.502 e. The number of nitro benzene ring substituents is 1. The van der Waals surface area contributed by atoms with Crippen LogP contribution in [-0.4, -0.2) is 10.0 Å². The fourth-order valence-corrected chi connectivity index (χ4v) is 0.791. The summed E-state index contributed by atoms with van der Waals surface area (Å²) in [5, 5.41) is 19.3. The van der Waals surface area contributed by atoms with Gasteiger partial charge >= 0.3 is 5.69 Å². The van der Waals surface area contributed by atoms with Crippen molar-refractivity contribution in [2.75, 3.05) is 0 Å². The molecule has 0 aliphatic heterocycles. The summed E-state index contributed by atoms with van der Waals surface area (Å²) in [6.45, 7) is 9.61. The summed E-state index contributed by atoms with van der Waals surface area (Å²) >= 11 is 0. The number of aromatic hydroxyl groups is 1. The Bertz CT molecular complexity index is 298. The van der Waals surface area contributed by atoms with Crippen LogP contribution in [0, 0.1) is 17.0 Å². The Morgan fingerprint density at radius 3 is 2.00 bits per heavy atom. The summed E-state index contributed by atoms with van der Waals surface area (Å²) in [5.41, 5.74) is 0.268. The highest BCUT2D eigenvalue weighted by Crippen LogP contribution is 2.27. The van der Waals surface area contributed by atoms with E-state index >= 15 is 0 Å². The van der Waals surface area contributed by atoms with E-state index in [1.165, 1.54) is 12.1 Å². The van der Waals surface area contributed by atoms with Crippen molar-refractivity contribution in [3.05, 3.63) is 33.9 Å². The molecule has 1 rings (SSSR count). The molecule has 1 aromatic carbocycles. The molecule has 1 N–H and O–H groups in total. The van der Waals surface area contributed by atoms with Crippen molar-refractivity contribution in [1.82, 2.24) is 0 Å². The Kier molecular flexibility index (Phi) is 9.52.